The van der Waals surface area contributed by atoms with E-state index in [1.54, 1.807) is 0 Å². The van der Waals surface area contributed by atoms with E-state index >= 15 is 0 Å². The largest absolute Gasteiger partial charge is 0.386 e. The Balaban J connectivity index is 2.03. The van der Waals surface area contributed by atoms with Crippen molar-refractivity contribution in [3.05, 3.63) is 35.9 Å². The van der Waals surface area contributed by atoms with Crippen LogP contribution in [0.5, 0.6) is 0 Å². The molecule has 2 atom stereocenters. The summed E-state index contributed by atoms with van der Waals surface area (Å²) in [6.45, 7) is 1.66. The number of rotatable bonds is 2. The maximum Gasteiger partial charge on any atom is 0.111 e. The van der Waals surface area contributed by atoms with Crippen LogP contribution in [0.4, 0.5) is 0 Å². The average molecular weight is 194 g/mol. The summed E-state index contributed by atoms with van der Waals surface area (Å²) in [4.78, 5) is 0. The fourth-order valence-corrected chi connectivity index (χ4v) is 1.55. The molecule has 0 aliphatic carbocycles. The van der Waals surface area contributed by atoms with E-state index in [4.69, 9.17) is 9.47 Å². The van der Waals surface area contributed by atoms with Gasteiger partial charge in [0.2, 0.25) is 0 Å². The van der Waals surface area contributed by atoms with Gasteiger partial charge in [-0.2, -0.15) is 0 Å². The first-order valence-electron chi connectivity index (χ1n) is 4.80. The van der Waals surface area contributed by atoms with Crippen LogP contribution in [0.2, 0.25) is 0 Å². The fourth-order valence-electron chi connectivity index (χ4n) is 1.55. The van der Waals surface area contributed by atoms with Gasteiger partial charge in [-0.1, -0.05) is 30.3 Å². The molecule has 0 amide bonds. The molecule has 2 unspecified atom stereocenters. The number of hydrogen-bond acceptors (Lipinski definition) is 3. The van der Waals surface area contributed by atoms with E-state index in [9.17, 15) is 5.11 Å². The summed E-state index contributed by atoms with van der Waals surface area (Å²) in [5, 5.41) is 9.94. The molecule has 14 heavy (non-hydrogen) atoms. The van der Waals surface area contributed by atoms with Crippen LogP contribution in [-0.4, -0.2) is 31.0 Å². The zero-order valence-corrected chi connectivity index (χ0v) is 7.93. The van der Waals surface area contributed by atoms with Crippen LogP contribution in [0.3, 0.4) is 0 Å². The highest BCUT2D eigenvalue weighted by Crippen LogP contribution is 2.20. The molecule has 0 saturated carbocycles. The molecule has 76 valence electrons. The van der Waals surface area contributed by atoms with E-state index in [-0.39, 0.29) is 6.10 Å². The van der Waals surface area contributed by atoms with Gasteiger partial charge in [-0.15, -0.1) is 0 Å². The van der Waals surface area contributed by atoms with Crippen molar-refractivity contribution in [2.75, 3.05) is 19.8 Å². The molecule has 1 N–H and O–H groups in total. The third-order valence-electron chi connectivity index (χ3n) is 2.33. The lowest BCUT2D eigenvalue weighted by atomic mass is 10.0. The third kappa shape index (κ3) is 2.12. The van der Waals surface area contributed by atoms with Crippen molar-refractivity contribution in [1.29, 1.82) is 0 Å². The minimum absolute atomic E-state index is 0.230. The minimum Gasteiger partial charge on any atom is -0.386 e. The lowest BCUT2D eigenvalue weighted by Crippen LogP contribution is -2.33. The first kappa shape index (κ1) is 9.65. The molecule has 3 heteroatoms. The van der Waals surface area contributed by atoms with Crippen molar-refractivity contribution in [3.63, 3.8) is 0 Å². The Morgan fingerprint density at radius 1 is 1.21 bits per heavy atom. The Morgan fingerprint density at radius 3 is 2.64 bits per heavy atom. The number of benzene rings is 1. The molecule has 0 bridgehead atoms. The Hall–Kier alpha value is -0.900. The van der Waals surface area contributed by atoms with Gasteiger partial charge >= 0.3 is 0 Å². The predicted octanol–water partition coefficient (Wildman–Crippen LogP) is 1.14. The SMILES string of the molecule is OC(c1ccccc1)C1COCCO1. The number of aliphatic hydroxyl groups is 1. The molecular weight excluding hydrogens is 180 g/mol. The van der Waals surface area contributed by atoms with Gasteiger partial charge in [0.15, 0.2) is 0 Å². The van der Waals surface area contributed by atoms with E-state index in [1.165, 1.54) is 0 Å². The van der Waals surface area contributed by atoms with Gasteiger partial charge in [0.25, 0.3) is 0 Å². The normalized spacial score (nSPS) is 24.5. The summed E-state index contributed by atoms with van der Waals surface area (Å²) < 4.78 is 10.7. The van der Waals surface area contributed by atoms with Crippen molar-refractivity contribution in [3.8, 4) is 0 Å². The maximum absolute atomic E-state index is 9.94. The molecule has 1 aliphatic rings. The second-order valence-electron chi connectivity index (χ2n) is 3.34. The molecule has 1 aromatic rings. The molecule has 1 saturated heterocycles. The lowest BCUT2D eigenvalue weighted by Gasteiger charge is -2.27. The van der Waals surface area contributed by atoms with Gasteiger partial charge < -0.3 is 14.6 Å². The summed E-state index contributed by atoms with van der Waals surface area (Å²) in [6.07, 6.45) is -0.817. The van der Waals surface area contributed by atoms with Crippen LogP contribution in [-0.2, 0) is 9.47 Å². The Kier molecular flexibility index (Phi) is 3.14. The summed E-state index contributed by atoms with van der Waals surface area (Å²) in [6, 6.07) is 9.52. The smallest absolute Gasteiger partial charge is 0.111 e. The van der Waals surface area contributed by atoms with Gasteiger partial charge in [0, 0.05) is 0 Å². The third-order valence-corrected chi connectivity index (χ3v) is 2.33. The average Bonchev–Trinajstić information content (AvgIpc) is 2.30. The quantitative estimate of drug-likeness (QED) is 0.767. The maximum atomic E-state index is 9.94. The van der Waals surface area contributed by atoms with Crippen molar-refractivity contribution < 1.29 is 14.6 Å². The Bertz CT molecular complexity index is 267. The van der Waals surface area contributed by atoms with E-state index in [1.807, 2.05) is 30.3 Å². The molecule has 1 heterocycles. The monoisotopic (exact) mass is 194 g/mol. The molecule has 0 radical (unpaired) electrons. The standard InChI is InChI=1S/C11H14O3/c12-11(9-4-2-1-3-5-9)10-8-13-6-7-14-10/h1-5,10-12H,6-8H2. The van der Waals surface area contributed by atoms with Crippen LogP contribution >= 0.6 is 0 Å². The first-order chi connectivity index (χ1) is 6.88. The molecule has 1 aliphatic heterocycles. The lowest BCUT2D eigenvalue weighted by molar-refractivity contribution is -0.133. The highest BCUT2D eigenvalue weighted by atomic mass is 16.6. The topological polar surface area (TPSA) is 38.7 Å². The molecule has 2 rings (SSSR count). The molecule has 0 spiro atoms. The fraction of sp³-hybridized carbons (Fsp3) is 0.455. The van der Waals surface area contributed by atoms with Gasteiger partial charge in [-0.05, 0) is 5.56 Å². The Morgan fingerprint density at radius 2 is 2.00 bits per heavy atom. The number of ether oxygens (including phenoxy) is 2. The predicted molar refractivity (Wildman–Crippen MR) is 52.0 cm³/mol. The van der Waals surface area contributed by atoms with Gasteiger partial charge in [-0.25, -0.2) is 0 Å². The van der Waals surface area contributed by atoms with E-state index in [0.29, 0.717) is 19.8 Å². The summed E-state index contributed by atoms with van der Waals surface area (Å²) in [7, 11) is 0. The van der Waals surface area contributed by atoms with E-state index in [2.05, 4.69) is 0 Å². The van der Waals surface area contributed by atoms with Crippen LogP contribution in [0.1, 0.15) is 11.7 Å². The Labute approximate surface area is 83.3 Å². The summed E-state index contributed by atoms with van der Waals surface area (Å²) >= 11 is 0. The number of hydrogen-bond donors (Lipinski definition) is 1. The zero-order chi connectivity index (χ0) is 9.80. The van der Waals surface area contributed by atoms with E-state index in [0.717, 1.165) is 5.56 Å². The van der Waals surface area contributed by atoms with Crippen molar-refractivity contribution >= 4 is 0 Å². The minimum atomic E-state index is -0.587. The first-order valence-corrected chi connectivity index (χ1v) is 4.80. The summed E-state index contributed by atoms with van der Waals surface area (Å²) in [5.74, 6) is 0. The zero-order valence-electron chi connectivity index (χ0n) is 7.93. The van der Waals surface area contributed by atoms with Crippen molar-refractivity contribution in [1.82, 2.24) is 0 Å². The van der Waals surface area contributed by atoms with Crippen molar-refractivity contribution in [2.24, 2.45) is 0 Å². The van der Waals surface area contributed by atoms with Crippen molar-refractivity contribution in [2.45, 2.75) is 12.2 Å². The molecule has 1 aromatic carbocycles. The summed E-state index contributed by atoms with van der Waals surface area (Å²) in [5.41, 5.74) is 0.878. The number of aliphatic hydroxyl groups excluding tert-OH is 1. The molecular formula is C11H14O3. The highest BCUT2D eigenvalue weighted by Gasteiger charge is 2.24. The highest BCUT2D eigenvalue weighted by molar-refractivity contribution is 5.18. The molecule has 1 fully saturated rings. The van der Waals surface area contributed by atoms with Crippen LogP contribution in [0.15, 0.2) is 30.3 Å². The van der Waals surface area contributed by atoms with Crippen LogP contribution in [0.25, 0.3) is 0 Å². The second kappa shape index (κ2) is 4.55. The van der Waals surface area contributed by atoms with Crippen LogP contribution in [0, 0.1) is 0 Å². The van der Waals surface area contributed by atoms with Gasteiger partial charge in [-0.3, -0.25) is 0 Å². The molecule has 0 aromatic heterocycles. The van der Waals surface area contributed by atoms with Gasteiger partial charge in [0.1, 0.15) is 12.2 Å². The molecule has 3 nitrogen and oxygen atoms in total. The second-order valence-corrected chi connectivity index (χ2v) is 3.34. The van der Waals surface area contributed by atoms with E-state index < -0.39 is 6.10 Å². The van der Waals surface area contributed by atoms with Crippen LogP contribution < -0.4 is 0 Å². The van der Waals surface area contributed by atoms with Gasteiger partial charge in [0.05, 0.1) is 19.8 Å².